The van der Waals surface area contributed by atoms with E-state index in [0.29, 0.717) is 10.6 Å². The van der Waals surface area contributed by atoms with Crippen LogP contribution in [0.2, 0.25) is 5.02 Å². The summed E-state index contributed by atoms with van der Waals surface area (Å²) in [5, 5.41) is 10.7. The molecule has 35 heavy (non-hydrogen) atoms. The molecule has 0 aliphatic carbocycles. The number of carbonyl (C=O) groups is 2. The van der Waals surface area contributed by atoms with Crippen LogP contribution in [0.1, 0.15) is 36.2 Å². The van der Waals surface area contributed by atoms with Crippen molar-refractivity contribution in [1.82, 2.24) is 29.4 Å². The lowest BCUT2D eigenvalue weighted by Gasteiger charge is -2.12. The highest BCUT2D eigenvalue weighted by molar-refractivity contribution is 6.30. The molecule has 0 aliphatic rings. The van der Waals surface area contributed by atoms with E-state index in [2.05, 4.69) is 15.7 Å². The largest absolute Gasteiger partial charge is 0.352 e. The van der Waals surface area contributed by atoms with Crippen LogP contribution in [0.4, 0.5) is 0 Å². The van der Waals surface area contributed by atoms with Crippen molar-refractivity contribution in [2.24, 2.45) is 7.05 Å². The van der Waals surface area contributed by atoms with Crippen molar-refractivity contribution in [3.05, 3.63) is 79.5 Å². The summed E-state index contributed by atoms with van der Waals surface area (Å²) in [4.78, 5) is 51.2. The van der Waals surface area contributed by atoms with Crippen LogP contribution in [0.25, 0.3) is 16.7 Å². The smallest absolute Gasteiger partial charge is 0.350 e. The summed E-state index contributed by atoms with van der Waals surface area (Å²) in [5.74, 6) is -0.664. The molecule has 0 saturated carbocycles. The zero-order valence-electron chi connectivity index (χ0n) is 19.5. The third-order valence-electron chi connectivity index (χ3n) is 5.84. The second kappa shape index (κ2) is 9.75. The number of hydrogen-bond donors (Lipinski definition) is 2. The number of halogens is 1. The van der Waals surface area contributed by atoms with Crippen LogP contribution in [0, 0.1) is 0 Å². The normalized spacial score (nSPS) is 12.1. The fourth-order valence-electron chi connectivity index (χ4n) is 3.64. The molecule has 4 rings (SSSR count). The summed E-state index contributed by atoms with van der Waals surface area (Å²) in [5.41, 5.74) is 0.444. The molecule has 0 saturated heterocycles. The van der Waals surface area contributed by atoms with Gasteiger partial charge in [-0.25, -0.2) is 13.9 Å². The quantitative estimate of drug-likeness (QED) is 0.404. The summed E-state index contributed by atoms with van der Waals surface area (Å²) in [6.45, 7) is 3.77. The van der Waals surface area contributed by atoms with Gasteiger partial charge < -0.3 is 10.6 Å². The lowest BCUT2D eigenvalue weighted by molar-refractivity contribution is -0.122. The van der Waals surface area contributed by atoms with Gasteiger partial charge in [-0.15, -0.1) is 5.10 Å². The van der Waals surface area contributed by atoms with Gasteiger partial charge in [-0.3, -0.25) is 19.0 Å². The molecule has 0 radical (unpaired) electrons. The van der Waals surface area contributed by atoms with Crippen LogP contribution < -0.4 is 21.9 Å². The Labute approximate surface area is 205 Å². The van der Waals surface area contributed by atoms with Gasteiger partial charge in [0.1, 0.15) is 6.54 Å². The first-order valence-electron chi connectivity index (χ1n) is 11.1. The van der Waals surface area contributed by atoms with Crippen molar-refractivity contribution in [2.75, 3.05) is 0 Å². The van der Waals surface area contributed by atoms with Crippen LogP contribution >= 0.6 is 11.6 Å². The van der Waals surface area contributed by atoms with Crippen molar-refractivity contribution < 1.29 is 9.59 Å². The monoisotopic (exact) mass is 496 g/mol. The van der Waals surface area contributed by atoms with Crippen molar-refractivity contribution in [3.63, 3.8) is 0 Å². The van der Waals surface area contributed by atoms with Crippen molar-refractivity contribution in [3.8, 4) is 0 Å². The number of nitrogens with zero attached hydrogens (tertiary/aromatic N) is 4. The maximum absolute atomic E-state index is 13.2. The molecule has 1 unspecified atom stereocenters. The van der Waals surface area contributed by atoms with E-state index in [1.165, 1.54) is 28.1 Å². The van der Waals surface area contributed by atoms with E-state index >= 15 is 0 Å². The maximum atomic E-state index is 13.2. The molecule has 4 aromatic rings. The van der Waals surface area contributed by atoms with Gasteiger partial charge in [0, 0.05) is 30.2 Å². The lowest BCUT2D eigenvalue weighted by atomic mass is 10.1. The number of aromatic nitrogens is 4. The first-order valence-corrected chi connectivity index (χ1v) is 11.5. The van der Waals surface area contributed by atoms with Gasteiger partial charge in [0.15, 0.2) is 0 Å². The van der Waals surface area contributed by atoms with E-state index in [4.69, 9.17) is 11.6 Å². The molecule has 10 nitrogen and oxygen atoms in total. The Morgan fingerprint density at radius 1 is 1.11 bits per heavy atom. The summed E-state index contributed by atoms with van der Waals surface area (Å²) in [6, 6.07) is 11.6. The van der Waals surface area contributed by atoms with Crippen molar-refractivity contribution in [2.45, 2.75) is 39.4 Å². The molecular formula is C24H25ClN6O4. The molecule has 2 amide bonds. The highest BCUT2D eigenvalue weighted by Gasteiger charge is 2.19. The van der Waals surface area contributed by atoms with Crippen LogP contribution in [0.15, 0.2) is 52.1 Å². The van der Waals surface area contributed by atoms with Gasteiger partial charge in [0.05, 0.1) is 10.9 Å². The molecule has 0 fully saturated rings. The van der Waals surface area contributed by atoms with E-state index in [1.54, 1.807) is 30.3 Å². The molecule has 2 N–H and O–H groups in total. The molecule has 2 heterocycles. The molecular weight excluding hydrogens is 472 g/mol. The van der Waals surface area contributed by atoms with Gasteiger partial charge in [0.2, 0.25) is 11.7 Å². The van der Waals surface area contributed by atoms with E-state index in [-0.39, 0.29) is 47.3 Å². The maximum Gasteiger partial charge on any atom is 0.352 e. The molecule has 1 atom stereocenters. The number of aryl methyl sites for hydroxylation is 1. The van der Waals surface area contributed by atoms with Gasteiger partial charge in [0.25, 0.3) is 11.5 Å². The van der Waals surface area contributed by atoms with Crippen molar-refractivity contribution >= 4 is 40.1 Å². The molecule has 2 aromatic carbocycles. The zero-order chi connectivity index (χ0) is 25.3. The van der Waals surface area contributed by atoms with Crippen LogP contribution in [-0.2, 0) is 24.9 Å². The molecule has 11 heteroatoms. The Hall–Kier alpha value is -3.92. The van der Waals surface area contributed by atoms with Gasteiger partial charge in [-0.2, -0.15) is 0 Å². The Morgan fingerprint density at radius 2 is 1.83 bits per heavy atom. The van der Waals surface area contributed by atoms with Crippen LogP contribution in [0.3, 0.4) is 0 Å². The van der Waals surface area contributed by atoms with Gasteiger partial charge in [-0.1, -0.05) is 30.7 Å². The van der Waals surface area contributed by atoms with E-state index in [9.17, 15) is 19.2 Å². The fourth-order valence-corrected chi connectivity index (χ4v) is 3.77. The molecule has 182 valence electrons. The third-order valence-corrected chi connectivity index (χ3v) is 6.10. The molecule has 0 aliphatic heterocycles. The first kappa shape index (κ1) is 24.2. The summed E-state index contributed by atoms with van der Waals surface area (Å²) < 4.78 is 3.48. The highest BCUT2D eigenvalue weighted by atomic mass is 35.5. The minimum Gasteiger partial charge on any atom is -0.350 e. The van der Waals surface area contributed by atoms with E-state index < -0.39 is 11.6 Å². The number of benzene rings is 2. The molecule has 0 spiro atoms. The minimum atomic E-state index is -0.596. The number of hydrogen-bond acceptors (Lipinski definition) is 5. The van der Waals surface area contributed by atoms with Crippen molar-refractivity contribution in [1.29, 1.82) is 0 Å². The van der Waals surface area contributed by atoms with Crippen LogP contribution in [-0.4, -0.2) is 36.6 Å². The number of amides is 2. The lowest BCUT2D eigenvalue weighted by Crippen LogP contribution is -2.33. The van der Waals surface area contributed by atoms with E-state index in [1.807, 2.05) is 13.8 Å². The van der Waals surface area contributed by atoms with E-state index in [0.717, 1.165) is 16.7 Å². The van der Waals surface area contributed by atoms with Gasteiger partial charge in [-0.05, 0) is 49.2 Å². The standard InChI is InChI=1S/C24H25ClN6O4/c1-4-14(2)27-21(33)16-7-10-18-19(11-16)31-23(29(3)22(18)34)28-30(24(31)35)13-20(32)26-12-15-5-8-17(25)9-6-15/h5-11,14H,4,12-13H2,1-3H3,(H,26,32)(H,27,33). The Kier molecular flexibility index (Phi) is 6.74. The van der Waals surface area contributed by atoms with Gasteiger partial charge >= 0.3 is 5.69 Å². The molecule has 0 bridgehead atoms. The Balaban J connectivity index is 1.69. The minimum absolute atomic E-state index is 0.0290. The second-order valence-electron chi connectivity index (χ2n) is 8.36. The number of carbonyl (C=O) groups excluding carboxylic acids is 2. The first-order chi connectivity index (χ1) is 16.7. The number of fused-ring (bicyclic) bond motifs is 3. The zero-order valence-corrected chi connectivity index (χ0v) is 20.3. The number of nitrogens with one attached hydrogen (secondary N) is 2. The SMILES string of the molecule is CCC(C)NC(=O)c1ccc2c(=O)n(C)c3nn(CC(=O)NCc4ccc(Cl)cc4)c(=O)n3c2c1. The third kappa shape index (κ3) is 4.83. The number of rotatable bonds is 7. The second-order valence-corrected chi connectivity index (χ2v) is 8.79. The molecule has 2 aromatic heterocycles. The average molecular weight is 497 g/mol. The predicted octanol–water partition coefficient (Wildman–Crippen LogP) is 1.85. The fraction of sp³-hybridized carbons (Fsp3) is 0.292. The average Bonchev–Trinajstić information content (AvgIpc) is 3.17. The summed E-state index contributed by atoms with van der Waals surface area (Å²) >= 11 is 5.88. The Bertz CT molecular complexity index is 1550. The summed E-state index contributed by atoms with van der Waals surface area (Å²) in [6.07, 6.45) is 0.760. The predicted molar refractivity (Wildman–Crippen MR) is 133 cm³/mol. The topological polar surface area (TPSA) is 120 Å². The Morgan fingerprint density at radius 3 is 2.51 bits per heavy atom. The van der Waals surface area contributed by atoms with Crippen LogP contribution in [0.5, 0.6) is 0 Å². The highest BCUT2D eigenvalue weighted by Crippen LogP contribution is 2.14. The summed E-state index contributed by atoms with van der Waals surface area (Å²) in [7, 11) is 1.50.